The molecule has 0 aliphatic heterocycles. The highest BCUT2D eigenvalue weighted by Crippen LogP contribution is 2.45. The molecular weight excluding hydrogens is 212 g/mol. The minimum absolute atomic E-state index is 0.289. The van der Waals surface area contributed by atoms with E-state index in [1.165, 1.54) is 0 Å². The summed E-state index contributed by atoms with van der Waals surface area (Å²) in [7, 11) is 0. The third kappa shape index (κ3) is 4.59. The Hall–Kier alpha value is -0.0800. The molecular formula is C15H32O2. The lowest BCUT2D eigenvalue weighted by molar-refractivity contribution is -0.255. The van der Waals surface area contributed by atoms with Crippen LogP contribution >= 0.6 is 0 Å². The van der Waals surface area contributed by atoms with Crippen LogP contribution < -0.4 is 0 Å². The summed E-state index contributed by atoms with van der Waals surface area (Å²) in [6.45, 7) is 8.46. The molecule has 0 bridgehead atoms. The van der Waals surface area contributed by atoms with E-state index in [9.17, 15) is 10.2 Å². The van der Waals surface area contributed by atoms with E-state index in [1.807, 2.05) is 6.92 Å². The molecule has 0 saturated carbocycles. The first-order chi connectivity index (χ1) is 7.99. The maximum absolute atomic E-state index is 10.5. The first kappa shape index (κ1) is 16.9. The van der Waals surface area contributed by atoms with Crippen molar-refractivity contribution in [1.82, 2.24) is 0 Å². The molecule has 0 radical (unpaired) electrons. The van der Waals surface area contributed by atoms with Crippen molar-refractivity contribution in [2.24, 2.45) is 5.41 Å². The van der Waals surface area contributed by atoms with E-state index in [1.54, 1.807) is 0 Å². The van der Waals surface area contributed by atoms with Gasteiger partial charge in [0.05, 0.1) is 0 Å². The van der Waals surface area contributed by atoms with Crippen LogP contribution in [0.2, 0.25) is 0 Å². The van der Waals surface area contributed by atoms with Gasteiger partial charge < -0.3 is 10.2 Å². The maximum Gasteiger partial charge on any atom is 0.168 e. The standard InChI is InChI=1S/C15H32O2/c1-5-9-13-14(10-6-2,11-7-3)15(16,17)12-8-4/h16-17H,5-13H2,1-4H3. The molecule has 104 valence electrons. The van der Waals surface area contributed by atoms with Crippen LogP contribution in [0.15, 0.2) is 0 Å². The van der Waals surface area contributed by atoms with Gasteiger partial charge in [0.1, 0.15) is 0 Å². The predicted octanol–water partition coefficient (Wildman–Crippen LogP) is 4.24. The van der Waals surface area contributed by atoms with Crippen LogP contribution in [0.4, 0.5) is 0 Å². The molecule has 0 spiro atoms. The minimum Gasteiger partial charge on any atom is -0.365 e. The van der Waals surface area contributed by atoms with Crippen molar-refractivity contribution < 1.29 is 10.2 Å². The van der Waals surface area contributed by atoms with Gasteiger partial charge in [-0.1, -0.05) is 59.8 Å². The number of aliphatic hydroxyl groups is 2. The molecule has 0 aromatic heterocycles. The molecule has 0 unspecified atom stereocenters. The number of hydrogen-bond acceptors (Lipinski definition) is 2. The number of unbranched alkanes of at least 4 members (excludes halogenated alkanes) is 1. The van der Waals surface area contributed by atoms with Crippen molar-refractivity contribution in [3.05, 3.63) is 0 Å². The Bertz CT molecular complexity index is 181. The Morgan fingerprint density at radius 1 is 0.647 bits per heavy atom. The Morgan fingerprint density at radius 2 is 1.12 bits per heavy atom. The first-order valence-corrected chi connectivity index (χ1v) is 7.44. The Kier molecular flexibility index (Phi) is 8.06. The number of hydrogen-bond donors (Lipinski definition) is 2. The third-order valence-electron chi connectivity index (χ3n) is 3.91. The average molecular weight is 244 g/mol. The number of rotatable bonds is 10. The monoisotopic (exact) mass is 244 g/mol. The smallest absolute Gasteiger partial charge is 0.168 e. The zero-order valence-corrected chi connectivity index (χ0v) is 12.3. The van der Waals surface area contributed by atoms with Gasteiger partial charge in [-0.2, -0.15) is 0 Å². The van der Waals surface area contributed by atoms with Crippen molar-refractivity contribution in [3.8, 4) is 0 Å². The van der Waals surface area contributed by atoms with Crippen molar-refractivity contribution in [3.63, 3.8) is 0 Å². The zero-order valence-electron chi connectivity index (χ0n) is 12.3. The fourth-order valence-corrected chi connectivity index (χ4v) is 3.06. The van der Waals surface area contributed by atoms with E-state index < -0.39 is 5.79 Å². The van der Waals surface area contributed by atoms with Crippen molar-refractivity contribution in [1.29, 1.82) is 0 Å². The van der Waals surface area contributed by atoms with Crippen molar-refractivity contribution in [2.45, 2.75) is 91.3 Å². The second-order valence-corrected chi connectivity index (χ2v) is 5.45. The second-order valence-electron chi connectivity index (χ2n) is 5.45. The van der Waals surface area contributed by atoms with Gasteiger partial charge in [0.15, 0.2) is 5.79 Å². The summed E-state index contributed by atoms with van der Waals surface area (Å²) < 4.78 is 0. The second kappa shape index (κ2) is 8.10. The molecule has 0 aliphatic rings. The fraction of sp³-hybridized carbons (Fsp3) is 1.00. The van der Waals surface area contributed by atoms with Gasteiger partial charge in [-0.05, 0) is 19.3 Å². The quantitative estimate of drug-likeness (QED) is 0.564. The van der Waals surface area contributed by atoms with Gasteiger partial charge in [0, 0.05) is 11.8 Å². The van der Waals surface area contributed by atoms with E-state index >= 15 is 0 Å². The fourth-order valence-electron chi connectivity index (χ4n) is 3.06. The summed E-state index contributed by atoms with van der Waals surface area (Å²) in [6.07, 6.45) is 8.38. The van der Waals surface area contributed by atoms with Crippen molar-refractivity contribution >= 4 is 0 Å². The van der Waals surface area contributed by atoms with E-state index in [-0.39, 0.29) is 5.41 Å². The molecule has 2 N–H and O–H groups in total. The summed E-state index contributed by atoms with van der Waals surface area (Å²) in [5, 5.41) is 20.9. The minimum atomic E-state index is -1.48. The van der Waals surface area contributed by atoms with Crippen LogP contribution in [-0.4, -0.2) is 16.0 Å². The van der Waals surface area contributed by atoms with Crippen LogP contribution in [0.25, 0.3) is 0 Å². The summed E-state index contributed by atoms with van der Waals surface area (Å²) in [4.78, 5) is 0. The van der Waals surface area contributed by atoms with Crippen LogP contribution in [0.3, 0.4) is 0 Å². The maximum atomic E-state index is 10.5. The predicted molar refractivity (Wildman–Crippen MR) is 73.9 cm³/mol. The van der Waals surface area contributed by atoms with E-state index in [2.05, 4.69) is 20.8 Å². The topological polar surface area (TPSA) is 40.5 Å². The molecule has 0 fully saturated rings. The average Bonchev–Trinajstić information content (AvgIpc) is 2.26. The van der Waals surface area contributed by atoms with Crippen LogP contribution in [-0.2, 0) is 0 Å². The van der Waals surface area contributed by atoms with Gasteiger partial charge in [-0.25, -0.2) is 0 Å². The highest BCUT2D eigenvalue weighted by molar-refractivity contribution is 4.91. The molecule has 2 nitrogen and oxygen atoms in total. The molecule has 0 heterocycles. The summed E-state index contributed by atoms with van der Waals surface area (Å²) >= 11 is 0. The van der Waals surface area contributed by atoms with Gasteiger partial charge in [-0.15, -0.1) is 0 Å². The molecule has 0 atom stereocenters. The van der Waals surface area contributed by atoms with Crippen LogP contribution in [0.1, 0.15) is 85.5 Å². The normalized spacial score (nSPS) is 13.1. The van der Waals surface area contributed by atoms with Crippen LogP contribution in [0, 0.1) is 5.41 Å². The van der Waals surface area contributed by atoms with Gasteiger partial charge >= 0.3 is 0 Å². The van der Waals surface area contributed by atoms with Crippen LogP contribution in [0.5, 0.6) is 0 Å². The first-order valence-electron chi connectivity index (χ1n) is 7.44. The molecule has 0 saturated heterocycles. The molecule has 0 aliphatic carbocycles. The van der Waals surface area contributed by atoms with Gasteiger partial charge in [-0.3, -0.25) is 0 Å². The lowest BCUT2D eigenvalue weighted by Gasteiger charge is -2.44. The van der Waals surface area contributed by atoms with E-state index in [0.717, 1.165) is 51.4 Å². The summed E-state index contributed by atoms with van der Waals surface area (Å²) in [6, 6.07) is 0. The van der Waals surface area contributed by atoms with Crippen molar-refractivity contribution in [2.75, 3.05) is 0 Å². The zero-order chi connectivity index (χ0) is 13.4. The molecule has 17 heavy (non-hydrogen) atoms. The summed E-state index contributed by atoms with van der Waals surface area (Å²) in [5.41, 5.74) is -0.289. The van der Waals surface area contributed by atoms with Gasteiger partial charge in [0.2, 0.25) is 0 Å². The van der Waals surface area contributed by atoms with Gasteiger partial charge in [0.25, 0.3) is 0 Å². The lowest BCUT2D eigenvalue weighted by Crippen LogP contribution is -2.48. The Balaban J connectivity index is 4.97. The summed E-state index contributed by atoms with van der Waals surface area (Å²) in [5.74, 6) is -1.48. The molecule has 0 rings (SSSR count). The molecule has 0 aromatic rings. The Morgan fingerprint density at radius 3 is 1.47 bits per heavy atom. The largest absolute Gasteiger partial charge is 0.365 e. The highest BCUT2D eigenvalue weighted by Gasteiger charge is 2.46. The lowest BCUT2D eigenvalue weighted by atomic mass is 9.67. The highest BCUT2D eigenvalue weighted by atomic mass is 16.5. The van der Waals surface area contributed by atoms with E-state index in [4.69, 9.17) is 0 Å². The van der Waals surface area contributed by atoms with E-state index in [0.29, 0.717) is 6.42 Å². The molecule has 0 aromatic carbocycles. The molecule has 2 heteroatoms. The Labute approximate surface area is 107 Å². The SMILES string of the molecule is CCCCC(CCC)(CCC)C(O)(O)CCC. The third-order valence-corrected chi connectivity index (χ3v) is 3.91. The molecule has 0 amide bonds.